The number of carbonyl (C=O) groups excluding carboxylic acids is 2. The zero-order valence-electron chi connectivity index (χ0n) is 31.2. The number of hydrogen-bond acceptors (Lipinski definition) is 5. The number of cyclic esters (lactones) is 1. The van der Waals surface area contributed by atoms with Gasteiger partial charge in [-0.25, -0.2) is 9.59 Å². The summed E-state index contributed by atoms with van der Waals surface area (Å²) in [5.41, 5.74) is 3.64. The first-order chi connectivity index (χ1) is 25.8. The fourth-order valence-electron chi connectivity index (χ4n) is 7.79. The first-order valence-corrected chi connectivity index (χ1v) is 17.8. The first kappa shape index (κ1) is 39.4. The van der Waals surface area contributed by atoms with E-state index in [0.29, 0.717) is 36.3 Å². The van der Waals surface area contributed by atoms with Crippen LogP contribution in [0, 0.1) is 12.3 Å². The Kier molecular flexibility index (Phi) is 10.6. The molecule has 6 rings (SSSR count). The highest BCUT2D eigenvalue weighted by Crippen LogP contribution is 2.48. The maximum atomic E-state index is 13.7. The van der Waals surface area contributed by atoms with Crippen molar-refractivity contribution in [2.75, 3.05) is 20.8 Å². The normalized spacial score (nSPS) is 18.7. The number of alkyl halides is 6. The Hall–Kier alpha value is -5.26. The van der Waals surface area contributed by atoms with Gasteiger partial charge in [0.15, 0.2) is 0 Å². The van der Waals surface area contributed by atoms with Crippen LogP contribution >= 0.6 is 0 Å². The monoisotopic (exact) mass is 765 g/mol. The second-order valence-electron chi connectivity index (χ2n) is 14.9. The zero-order valence-corrected chi connectivity index (χ0v) is 31.2. The van der Waals surface area contributed by atoms with Gasteiger partial charge in [-0.2, -0.15) is 26.3 Å². The molecule has 1 heterocycles. The lowest BCUT2D eigenvalue weighted by Crippen LogP contribution is -2.35. The molecule has 2 atom stereocenters. The third kappa shape index (κ3) is 7.95. The van der Waals surface area contributed by atoms with Crippen LogP contribution in [0.15, 0.2) is 84.4 Å². The maximum absolute atomic E-state index is 13.7. The Morgan fingerprint density at radius 2 is 1.53 bits per heavy atom. The number of esters is 1. The van der Waals surface area contributed by atoms with Gasteiger partial charge in [-0.3, -0.25) is 4.90 Å². The molecule has 6 nitrogen and oxygen atoms in total. The number of nitrogens with zero attached hydrogens (tertiary/aromatic N) is 1. The molecular weight excluding hydrogens is 724 g/mol. The van der Waals surface area contributed by atoms with Gasteiger partial charge in [0.25, 0.3) is 0 Å². The van der Waals surface area contributed by atoms with Gasteiger partial charge in [-0.15, -0.1) is 0 Å². The summed E-state index contributed by atoms with van der Waals surface area (Å²) in [6.45, 7) is 7.75. The highest BCUT2D eigenvalue weighted by molar-refractivity contribution is 6.00. The number of methoxy groups -OCH3 is 2. The Morgan fingerprint density at radius 1 is 0.873 bits per heavy atom. The Bertz CT molecular complexity index is 2120. The fourth-order valence-corrected chi connectivity index (χ4v) is 7.79. The number of carbonyl (C=O) groups is 2. The largest absolute Gasteiger partial charge is 0.496 e. The quantitative estimate of drug-likeness (QED) is 0.132. The molecule has 1 fully saturated rings. The summed E-state index contributed by atoms with van der Waals surface area (Å²) in [5, 5.41) is 0. The second kappa shape index (κ2) is 14.8. The predicted octanol–water partition coefficient (Wildman–Crippen LogP) is 11.7. The highest BCUT2D eigenvalue weighted by atomic mass is 19.4. The molecule has 1 saturated heterocycles. The summed E-state index contributed by atoms with van der Waals surface area (Å²) < 4.78 is 98.8. The molecule has 0 saturated carbocycles. The average Bonchev–Trinajstić information content (AvgIpc) is 3.41. The van der Waals surface area contributed by atoms with Crippen LogP contribution < -0.4 is 4.74 Å². The van der Waals surface area contributed by atoms with Gasteiger partial charge in [0.05, 0.1) is 37.0 Å². The maximum Gasteiger partial charge on any atom is 0.416 e. The number of benzene rings is 4. The number of amides is 1. The number of hydrogen-bond donors (Lipinski definition) is 0. The number of allylic oxidation sites excluding steroid dienone is 1. The van der Waals surface area contributed by atoms with Gasteiger partial charge in [0, 0.05) is 12.1 Å². The van der Waals surface area contributed by atoms with E-state index in [2.05, 4.69) is 13.8 Å². The van der Waals surface area contributed by atoms with Crippen LogP contribution in [0.2, 0.25) is 0 Å². The van der Waals surface area contributed by atoms with E-state index in [1.165, 1.54) is 12.0 Å². The Morgan fingerprint density at radius 3 is 2.13 bits per heavy atom. The third-order valence-electron chi connectivity index (χ3n) is 10.6. The van der Waals surface area contributed by atoms with Gasteiger partial charge in [0.1, 0.15) is 11.9 Å². The van der Waals surface area contributed by atoms with Crippen molar-refractivity contribution in [1.29, 1.82) is 0 Å². The molecule has 0 unspecified atom stereocenters. The number of ether oxygens (including phenoxy) is 3. The molecule has 0 N–H and O–H groups in total. The van der Waals surface area contributed by atoms with Crippen LogP contribution in [-0.4, -0.2) is 43.8 Å². The number of halogens is 6. The number of rotatable bonds is 8. The predicted molar refractivity (Wildman–Crippen MR) is 196 cm³/mol. The lowest BCUT2D eigenvalue weighted by Gasteiger charge is -2.36. The Balaban J connectivity index is 1.42. The van der Waals surface area contributed by atoms with Gasteiger partial charge >= 0.3 is 24.4 Å². The van der Waals surface area contributed by atoms with Gasteiger partial charge in [0.2, 0.25) is 0 Å². The van der Waals surface area contributed by atoms with Crippen molar-refractivity contribution in [3.05, 3.63) is 118 Å². The molecule has 4 aromatic carbocycles. The SMILES string of the molecule is COC(=O)c1ccc(-c2ccc(OC)c(C3=C(CN4C(=O)O[C@H](c5cc(C(F)(F)F)cc(C(F)(F)F)c5)[C@H]4C)CC(C)(C)CC3)c2)c(C)c1-c1ccccc1. The summed E-state index contributed by atoms with van der Waals surface area (Å²) >= 11 is 0. The molecule has 1 aliphatic heterocycles. The van der Waals surface area contributed by atoms with Crippen molar-refractivity contribution in [1.82, 2.24) is 4.90 Å². The minimum absolute atomic E-state index is 0.0404. The first-order valence-electron chi connectivity index (χ1n) is 17.8. The summed E-state index contributed by atoms with van der Waals surface area (Å²) in [7, 11) is 2.90. The van der Waals surface area contributed by atoms with Crippen LogP contribution in [0.1, 0.15) is 84.3 Å². The molecular formula is C43H41F6NO5. The van der Waals surface area contributed by atoms with Crippen LogP contribution in [0.5, 0.6) is 5.75 Å². The van der Waals surface area contributed by atoms with Gasteiger partial charge < -0.3 is 14.2 Å². The summed E-state index contributed by atoms with van der Waals surface area (Å²) in [6.07, 6.45) is -10.3. The minimum atomic E-state index is -5.05. The highest BCUT2D eigenvalue weighted by Gasteiger charge is 2.44. The van der Waals surface area contributed by atoms with E-state index in [0.717, 1.165) is 50.9 Å². The topological polar surface area (TPSA) is 65.1 Å². The average molecular weight is 766 g/mol. The van der Waals surface area contributed by atoms with Crippen LogP contribution in [0.25, 0.3) is 27.8 Å². The Labute approximate surface area is 315 Å². The van der Waals surface area contributed by atoms with E-state index in [-0.39, 0.29) is 23.6 Å². The molecule has 1 amide bonds. The van der Waals surface area contributed by atoms with Crippen molar-refractivity contribution in [3.8, 4) is 28.0 Å². The smallest absolute Gasteiger partial charge is 0.416 e. The zero-order chi connectivity index (χ0) is 40.0. The minimum Gasteiger partial charge on any atom is -0.496 e. The van der Waals surface area contributed by atoms with Crippen molar-refractivity contribution in [2.24, 2.45) is 5.41 Å². The van der Waals surface area contributed by atoms with E-state index in [1.807, 2.05) is 61.5 Å². The molecule has 0 bridgehead atoms. The third-order valence-corrected chi connectivity index (χ3v) is 10.6. The molecule has 1 aliphatic carbocycles. The van der Waals surface area contributed by atoms with Gasteiger partial charge in [-0.05, 0) is 119 Å². The van der Waals surface area contributed by atoms with E-state index < -0.39 is 47.7 Å². The van der Waals surface area contributed by atoms with E-state index in [4.69, 9.17) is 14.2 Å². The van der Waals surface area contributed by atoms with Crippen molar-refractivity contribution < 1.29 is 50.1 Å². The standard InChI is InChI=1S/C43H41F6NO5/c1-24-32(13-14-34(39(51)54-6)37(24)26-10-8-7-9-11-26)27-12-15-36(53-5)35(20-27)33-16-17-41(3,4)22-29(33)23-50-25(2)38(55-40(50)52)28-18-30(42(44,45)46)21-31(19-28)43(47,48)49/h7-15,18-21,25,38H,16-17,22-23H2,1-6H3/t25-,38+/m1/s1. The van der Waals surface area contributed by atoms with Crippen LogP contribution in [-0.2, 0) is 21.8 Å². The fraction of sp³-hybridized carbons (Fsp3) is 0.349. The molecule has 2 aliphatic rings. The van der Waals surface area contributed by atoms with E-state index >= 15 is 0 Å². The van der Waals surface area contributed by atoms with Crippen molar-refractivity contribution >= 4 is 17.6 Å². The van der Waals surface area contributed by atoms with E-state index in [1.54, 1.807) is 20.1 Å². The molecule has 4 aromatic rings. The molecule has 290 valence electrons. The van der Waals surface area contributed by atoms with E-state index in [9.17, 15) is 35.9 Å². The van der Waals surface area contributed by atoms with Gasteiger partial charge in [-0.1, -0.05) is 56.3 Å². The lowest BCUT2D eigenvalue weighted by atomic mass is 9.72. The summed E-state index contributed by atoms with van der Waals surface area (Å²) in [4.78, 5) is 27.7. The van der Waals surface area contributed by atoms with Crippen LogP contribution in [0.4, 0.5) is 31.1 Å². The van der Waals surface area contributed by atoms with Crippen molar-refractivity contribution in [3.63, 3.8) is 0 Å². The second-order valence-corrected chi connectivity index (χ2v) is 14.9. The molecule has 0 spiro atoms. The molecule has 55 heavy (non-hydrogen) atoms. The molecule has 12 heteroatoms. The van der Waals surface area contributed by atoms with Crippen LogP contribution in [0.3, 0.4) is 0 Å². The summed E-state index contributed by atoms with van der Waals surface area (Å²) in [6, 6.07) is 19.3. The molecule has 0 radical (unpaired) electrons. The summed E-state index contributed by atoms with van der Waals surface area (Å²) in [5.74, 6) is 0.121. The van der Waals surface area contributed by atoms with Crippen molar-refractivity contribution in [2.45, 2.75) is 71.5 Å². The lowest BCUT2D eigenvalue weighted by molar-refractivity contribution is -0.143. The molecule has 0 aromatic heterocycles.